The van der Waals surface area contributed by atoms with Gasteiger partial charge in [0.1, 0.15) is 13.2 Å². The summed E-state index contributed by atoms with van der Waals surface area (Å²) in [6.45, 7) is 6.38. The Morgan fingerprint density at radius 3 is 1.04 bits per heavy atom. The van der Waals surface area contributed by atoms with Crippen molar-refractivity contribution in [3.05, 3.63) is 122 Å². The smallest absolute Gasteiger partial charge is 0.306 e. The second-order valence-corrected chi connectivity index (χ2v) is 17.4. The van der Waals surface area contributed by atoms with Gasteiger partial charge in [-0.15, -0.1) is 0 Å². The number of rotatable bonds is 47. The summed E-state index contributed by atoms with van der Waals surface area (Å²) >= 11 is 0. The molecule has 0 rings (SSSR count). The quantitative estimate of drug-likeness (QED) is 0.0262. The van der Waals surface area contributed by atoms with Crippen LogP contribution in [0, 0.1) is 0 Å². The van der Waals surface area contributed by atoms with Crippen LogP contribution in [-0.2, 0) is 28.6 Å². The predicted octanol–water partition coefficient (Wildman–Crippen LogP) is 18.1. The summed E-state index contributed by atoms with van der Waals surface area (Å²) in [4.78, 5) is 38.0. The van der Waals surface area contributed by atoms with Crippen LogP contribution in [0.25, 0.3) is 0 Å². The average molecular weight is 927 g/mol. The normalized spacial score (nSPS) is 13.1. The molecule has 1 atom stereocenters. The van der Waals surface area contributed by atoms with Crippen LogP contribution in [0.4, 0.5) is 0 Å². The fourth-order valence-electron chi connectivity index (χ4n) is 6.88. The van der Waals surface area contributed by atoms with Crippen molar-refractivity contribution in [3.8, 4) is 0 Å². The van der Waals surface area contributed by atoms with Gasteiger partial charge in [0.05, 0.1) is 0 Å². The standard InChI is InChI=1S/C61H98O6/c1-4-7-10-13-16-19-22-25-27-29-30-32-33-36-39-42-45-48-51-54-60(63)66-57-58(56-65-59(62)53-50-47-44-41-38-35-24-21-18-15-12-9-6-3)67-61(64)55-52-49-46-43-40-37-34-31-28-26-23-20-17-14-11-8-5-2/h7,10,16-17,19-21,24-28,30,32,34,36-37,39,45,48,58H,4-6,8-9,11-15,18,22-23,29,31,33,35,38,40-44,46-47,49-57H2,1-3H3/b10-7-,19-16-,20-17-,24-21-,27-25-,28-26-,32-30-,37-34-,39-36-,48-45-/t58-/m1/s1. The van der Waals surface area contributed by atoms with Gasteiger partial charge in [0.2, 0.25) is 0 Å². The van der Waals surface area contributed by atoms with Crippen LogP contribution >= 0.6 is 0 Å². The van der Waals surface area contributed by atoms with Gasteiger partial charge in [-0.05, 0) is 122 Å². The van der Waals surface area contributed by atoms with E-state index < -0.39 is 6.10 Å². The Morgan fingerprint density at radius 1 is 0.313 bits per heavy atom. The molecule has 6 heteroatoms. The van der Waals surface area contributed by atoms with E-state index in [9.17, 15) is 14.4 Å². The molecule has 0 radical (unpaired) electrons. The molecule has 0 fully saturated rings. The van der Waals surface area contributed by atoms with Crippen molar-refractivity contribution in [2.24, 2.45) is 0 Å². The van der Waals surface area contributed by atoms with Gasteiger partial charge < -0.3 is 14.2 Å². The second kappa shape index (κ2) is 54.4. The lowest BCUT2D eigenvalue weighted by atomic mass is 10.1. The Bertz CT molecular complexity index is 1440. The Kier molecular flexibility index (Phi) is 51.0. The van der Waals surface area contributed by atoms with Gasteiger partial charge in [-0.3, -0.25) is 14.4 Å². The molecule has 0 spiro atoms. The fourth-order valence-corrected chi connectivity index (χ4v) is 6.88. The van der Waals surface area contributed by atoms with Crippen molar-refractivity contribution in [1.29, 1.82) is 0 Å². The lowest BCUT2D eigenvalue weighted by molar-refractivity contribution is -0.166. The van der Waals surface area contributed by atoms with Crippen molar-refractivity contribution in [2.75, 3.05) is 13.2 Å². The summed E-state index contributed by atoms with van der Waals surface area (Å²) in [7, 11) is 0. The largest absolute Gasteiger partial charge is 0.462 e. The number of esters is 3. The van der Waals surface area contributed by atoms with Crippen molar-refractivity contribution >= 4 is 17.9 Å². The lowest BCUT2D eigenvalue weighted by Gasteiger charge is -2.18. The van der Waals surface area contributed by atoms with Gasteiger partial charge in [0.15, 0.2) is 6.10 Å². The number of ether oxygens (including phenoxy) is 3. The maximum atomic E-state index is 12.8. The first-order valence-electron chi connectivity index (χ1n) is 27.0. The highest BCUT2D eigenvalue weighted by molar-refractivity contribution is 5.71. The van der Waals surface area contributed by atoms with E-state index in [4.69, 9.17) is 14.2 Å². The molecule has 0 aliphatic carbocycles. The maximum Gasteiger partial charge on any atom is 0.306 e. The molecule has 0 aromatic heterocycles. The Labute approximate surface area is 412 Å². The van der Waals surface area contributed by atoms with Gasteiger partial charge >= 0.3 is 17.9 Å². The molecule has 0 unspecified atom stereocenters. The number of unbranched alkanes of at least 4 members (excludes halogenated alkanes) is 16. The minimum absolute atomic E-state index is 0.118. The van der Waals surface area contributed by atoms with Gasteiger partial charge in [-0.2, -0.15) is 0 Å². The number of allylic oxidation sites excluding steroid dienone is 20. The Balaban J connectivity index is 4.57. The second-order valence-electron chi connectivity index (χ2n) is 17.4. The highest BCUT2D eigenvalue weighted by Crippen LogP contribution is 2.12. The molecular weight excluding hydrogens is 829 g/mol. The molecule has 0 heterocycles. The monoisotopic (exact) mass is 927 g/mol. The van der Waals surface area contributed by atoms with Crippen molar-refractivity contribution in [3.63, 3.8) is 0 Å². The fraction of sp³-hybridized carbons (Fsp3) is 0.623. The molecular formula is C61H98O6. The van der Waals surface area contributed by atoms with Crippen molar-refractivity contribution in [1.82, 2.24) is 0 Å². The van der Waals surface area contributed by atoms with E-state index in [1.165, 1.54) is 64.2 Å². The van der Waals surface area contributed by atoms with Gasteiger partial charge in [0, 0.05) is 19.3 Å². The predicted molar refractivity (Wildman–Crippen MR) is 288 cm³/mol. The number of carbonyl (C=O) groups is 3. The van der Waals surface area contributed by atoms with E-state index >= 15 is 0 Å². The first kappa shape index (κ1) is 62.8. The molecule has 0 aromatic carbocycles. The van der Waals surface area contributed by atoms with E-state index in [0.717, 1.165) is 116 Å². The van der Waals surface area contributed by atoms with Crippen LogP contribution < -0.4 is 0 Å². The summed E-state index contributed by atoms with van der Waals surface area (Å²) < 4.78 is 16.7. The summed E-state index contributed by atoms with van der Waals surface area (Å²) in [5, 5.41) is 0. The zero-order valence-corrected chi connectivity index (χ0v) is 43.1. The van der Waals surface area contributed by atoms with E-state index in [0.29, 0.717) is 12.8 Å². The van der Waals surface area contributed by atoms with Crippen molar-refractivity contribution < 1.29 is 28.6 Å². The van der Waals surface area contributed by atoms with Crippen LogP contribution in [0.1, 0.15) is 226 Å². The maximum absolute atomic E-state index is 12.8. The summed E-state index contributed by atoms with van der Waals surface area (Å²) in [5.74, 6) is -1.04. The number of carbonyl (C=O) groups excluding carboxylic acids is 3. The zero-order chi connectivity index (χ0) is 48.6. The van der Waals surface area contributed by atoms with Crippen LogP contribution in [0.15, 0.2) is 122 Å². The van der Waals surface area contributed by atoms with Gasteiger partial charge in [-0.25, -0.2) is 0 Å². The minimum Gasteiger partial charge on any atom is -0.462 e. The Hall–Kier alpha value is -4.19. The average Bonchev–Trinajstić information content (AvgIpc) is 3.33. The topological polar surface area (TPSA) is 78.9 Å². The molecule has 0 amide bonds. The third-order valence-corrected chi connectivity index (χ3v) is 10.9. The van der Waals surface area contributed by atoms with Crippen LogP contribution in [0.3, 0.4) is 0 Å². The van der Waals surface area contributed by atoms with Crippen LogP contribution in [0.5, 0.6) is 0 Å². The highest BCUT2D eigenvalue weighted by atomic mass is 16.6. The van der Waals surface area contributed by atoms with Gasteiger partial charge in [0.25, 0.3) is 0 Å². The molecule has 67 heavy (non-hydrogen) atoms. The van der Waals surface area contributed by atoms with Gasteiger partial charge in [-0.1, -0.05) is 206 Å². The molecule has 378 valence electrons. The Morgan fingerprint density at radius 2 is 0.612 bits per heavy atom. The van der Waals surface area contributed by atoms with E-state index in [2.05, 4.69) is 130 Å². The van der Waals surface area contributed by atoms with Crippen molar-refractivity contribution in [2.45, 2.75) is 232 Å². The number of hydrogen-bond donors (Lipinski definition) is 0. The molecule has 0 N–H and O–H groups in total. The van der Waals surface area contributed by atoms with Crippen LogP contribution in [0.2, 0.25) is 0 Å². The third-order valence-electron chi connectivity index (χ3n) is 10.9. The third kappa shape index (κ3) is 52.6. The van der Waals surface area contributed by atoms with E-state index in [-0.39, 0.29) is 44.0 Å². The summed E-state index contributed by atoms with van der Waals surface area (Å²) in [6, 6.07) is 0. The number of hydrogen-bond acceptors (Lipinski definition) is 6. The lowest BCUT2D eigenvalue weighted by Crippen LogP contribution is -2.30. The summed E-state index contributed by atoms with van der Waals surface area (Å²) in [5.41, 5.74) is 0. The minimum atomic E-state index is -0.827. The molecule has 0 saturated carbocycles. The zero-order valence-electron chi connectivity index (χ0n) is 43.1. The van der Waals surface area contributed by atoms with E-state index in [1.54, 1.807) is 0 Å². The molecule has 0 aromatic rings. The SMILES string of the molecule is CC/C=C\C/C=C\C/C=C\C/C=C\C/C=C\C/C=C\CCC(=O)OC[C@@H](COC(=O)CCCCCCC/C=C\CCCCCC)OC(=O)CCCCCC/C=C\C/C=C\C/C=C\CCCCC. The molecule has 0 saturated heterocycles. The molecule has 6 nitrogen and oxygen atoms in total. The highest BCUT2D eigenvalue weighted by Gasteiger charge is 2.19. The molecule has 0 aliphatic rings. The van der Waals surface area contributed by atoms with Crippen LogP contribution in [-0.4, -0.2) is 37.2 Å². The molecule has 0 aliphatic heterocycles. The van der Waals surface area contributed by atoms with E-state index in [1.807, 2.05) is 12.2 Å². The first-order chi connectivity index (χ1) is 33.0. The molecule has 0 bridgehead atoms. The first-order valence-corrected chi connectivity index (χ1v) is 27.0. The summed E-state index contributed by atoms with van der Waals surface area (Å²) in [6.07, 6.45) is 74.8.